The van der Waals surface area contributed by atoms with Crippen molar-refractivity contribution in [2.24, 2.45) is 11.3 Å². The SMILES string of the molecule is CC(C)n1cnc2cc(-c3ccc4c(c3)N([C@H]3C[C@@H](N5CCCCC5)C3)C(=O)C43CCN(C(=O)C4(C)CCN(C(=O)[C@H]5CC[C@H](Nc6ccc(N7CCC(=O)NC7=O)cn6)CC5)CC4)CC3)nc(NC3CC3)c21. The molecule has 0 radical (unpaired) electrons. The quantitative estimate of drug-likeness (QED) is 0.135. The molecule has 3 N–H and O–H groups in total. The third kappa shape index (κ3) is 8.90. The number of amides is 6. The number of urea groups is 1. The summed E-state index contributed by atoms with van der Waals surface area (Å²) < 4.78 is 2.20. The average molecular weight is 993 g/mol. The van der Waals surface area contributed by atoms with Crippen molar-refractivity contribution in [2.75, 3.05) is 66.2 Å². The number of benzene rings is 1. The molecule has 7 fully saturated rings. The van der Waals surface area contributed by atoms with Gasteiger partial charge in [-0.15, -0.1) is 0 Å². The predicted molar refractivity (Wildman–Crippen MR) is 280 cm³/mol. The fraction of sp³-hybridized carbons (Fsp3) is 0.607. The Labute approximate surface area is 428 Å². The van der Waals surface area contributed by atoms with Crippen molar-refractivity contribution in [2.45, 2.75) is 159 Å². The molecule has 4 saturated heterocycles. The Hall–Kier alpha value is -6.10. The van der Waals surface area contributed by atoms with Gasteiger partial charge in [-0.1, -0.05) is 25.5 Å². The first kappa shape index (κ1) is 47.9. The largest absolute Gasteiger partial charge is 0.367 e. The molecule has 5 aliphatic heterocycles. The molecule has 3 aliphatic carbocycles. The van der Waals surface area contributed by atoms with Gasteiger partial charge < -0.3 is 34.8 Å². The van der Waals surface area contributed by atoms with E-state index in [0.717, 1.165) is 110 Å². The number of pyridine rings is 2. The van der Waals surface area contributed by atoms with E-state index in [0.29, 0.717) is 76.2 Å². The molecule has 17 heteroatoms. The predicted octanol–water partition coefficient (Wildman–Crippen LogP) is 7.62. The molecule has 4 aromatic rings. The van der Waals surface area contributed by atoms with E-state index in [9.17, 15) is 19.2 Å². The topological polar surface area (TPSA) is 181 Å². The number of carbonyl (C=O) groups excluding carboxylic acids is 5. The van der Waals surface area contributed by atoms with Gasteiger partial charge in [-0.05, 0) is 147 Å². The molecule has 3 aromatic heterocycles. The molecular formula is C56H72N12O5. The number of hydrogen-bond donors (Lipinski definition) is 3. The van der Waals surface area contributed by atoms with Gasteiger partial charge >= 0.3 is 6.03 Å². The van der Waals surface area contributed by atoms with E-state index in [2.05, 4.69) is 80.3 Å². The third-order valence-corrected chi connectivity index (χ3v) is 18.2. The monoisotopic (exact) mass is 993 g/mol. The standard InChI is InChI=1S/C56H72N12O5/c1-35(2)67-34-58-45-32-44(61-50(49(45)67)60-39-12-13-39)37-9-15-43-46(29-37)68(42-30-41(31-42)63-22-5-4-6-23-63)53(72)56(43)20-27-65(28-21-56)52(71)55(3)18-25-64(26-19-55)51(70)36-7-10-38(11-8-36)59-47-16-14-40(33-57-47)66-24-17-48(69)62-54(66)73/h9,14-16,29,32-36,38-39,41-42H,4-8,10-13,17-28,30-31H2,1-3H3,(H,57,59)(H,60,61)(H,62,69,73)/t36-,38-,41-,42+. The van der Waals surface area contributed by atoms with Gasteiger partial charge in [-0.25, -0.2) is 19.7 Å². The highest BCUT2D eigenvalue weighted by Gasteiger charge is 2.56. The van der Waals surface area contributed by atoms with Crippen LogP contribution in [0.2, 0.25) is 0 Å². The van der Waals surface area contributed by atoms with Crippen LogP contribution in [0.15, 0.2) is 48.9 Å². The maximum atomic E-state index is 15.3. The van der Waals surface area contributed by atoms with E-state index in [1.165, 1.54) is 24.2 Å². The minimum atomic E-state index is -0.685. The van der Waals surface area contributed by atoms with Gasteiger partial charge in [0.1, 0.15) is 11.3 Å². The number of rotatable bonds is 11. The molecule has 6 amide bonds. The Kier molecular flexibility index (Phi) is 12.5. The van der Waals surface area contributed by atoms with Gasteiger partial charge in [0, 0.05) is 91.9 Å². The minimum absolute atomic E-state index is 0.0404. The van der Waals surface area contributed by atoms with Crippen molar-refractivity contribution in [3.05, 3.63) is 54.5 Å². The second-order valence-corrected chi connectivity index (χ2v) is 23.3. The number of anilines is 4. The first-order valence-electron chi connectivity index (χ1n) is 27.6. The van der Waals surface area contributed by atoms with E-state index in [1.807, 2.05) is 28.3 Å². The molecule has 1 spiro atoms. The summed E-state index contributed by atoms with van der Waals surface area (Å²) in [6.07, 6.45) is 17.6. The maximum absolute atomic E-state index is 15.3. The number of hydrogen-bond acceptors (Lipinski definition) is 11. The second-order valence-electron chi connectivity index (χ2n) is 23.3. The van der Waals surface area contributed by atoms with Gasteiger partial charge in [-0.3, -0.25) is 29.4 Å². The molecular weight excluding hydrogens is 921 g/mol. The molecule has 8 heterocycles. The Morgan fingerprint density at radius 3 is 2.16 bits per heavy atom. The van der Waals surface area contributed by atoms with Gasteiger partial charge in [0.2, 0.25) is 23.6 Å². The van der Waals surface area contributed by atoms with E-state index in [4.69, 9.17) is 9.97 Å². The summed E-state index contributed by atoms with van der Waals surface area (Å²) in [5.41, 5.74) is 5.28. The Morgan fingerprint density at radius 1 is 0.767 bits per heavy atom. The summed E-state index contributed by atoms with van der Waals surface area (Å²) in [4.78, 5) is 92.7. The fourth-order valence-corrected chi connectivity index (χ4v) is 13.4. The highest BCUT2D eigenvalue weighted by Crippen LogP contribution is 2.53. The van der Waals surface area contributed by atoms with Crippen molar-refractivity contribution in [3.8, 4) is 11.3 Å². The molecule has 17 nitrogen and oxygen atoms in total. The number of imidazole rings is 1. The highest BCUT2D eigenvalue weighted by atomic mass is 16.2. The fourth-order valence-electron chi connectivity index (χ4n) is 13.4. The van der Waals surface area contributed by atoms with Gasteiger partial charge in [0.25, 0.3) is 0 Å². The molecule has 1 aromatic carbocycles. The lowest BCUT2D eigenvalue weighted by Crippen LogP contribution is -2.59. The van der Waals surface area contributed by atoms with Crippen LogP contribution in [0.1, 0.15) is 135 Å². The lowest BCUT2D eigenvalue weighted by molar-refractivity contribution is -0.150. The minimum Gasteiger partial charge on any atom is -0.367 e. The lowest BCUT2D eigenvalue weighted by Gasteiger charge is -2.48. The van der Waals surface area contributed by atoms with Crippen LogP contribution in [-0.2, 0) is 24.6 Å². The smallest absolute Gasteiger partial charge is 0.328 e. The maximum Gasteiger partial charge on any atom is 0.328 e. The Morgan fingerprint density at radius 2 is 1.48 bits per heavy atom. The van der Waals surface area contributed by atoms with Crippen LogP contribution in [0.3, 0.4) is 0 Å². The number of imide groups is 1. The average Bonchev–Trinajstić information content (AvgIpc) is 4.06. The molecule has 3 saturated carbocycles. The highest BCUT2D eigenvalue weighted by molar-refractivity contribution is 6.10. The number of aromatic nitrogens is 4. The van der Waals surface area contributed by atoms with Crippen LogP contribution in [0.5, 0.6) is 0 Å². The number of piperidine rings is 3. The summed E-state index contributed by atoms with van der Waals surface area (Å²) in [6.45, 7) is 11.2. The van der Waals surface area contributed by atoms with Crippen LogP contribution in [0, 0.1) is 11.3 Å². The summed E-state index contributed by atoms with van der Waals surface area (Å²) in [7, 11) is 0. The first-order valence-corrected chi connectivity index (χ1v) is 27.6. The molecule has 12 rings (SSSR count). The molecule has 73 heavy (non-hydrogen) atoms. The molecule has 0 bridgehead atoms. The van der Waals surface area contributed by atoms with E-state index in [1.54, 1.807) is 6.20 Å². The number of nitrogens with zero attached hydrogens (tertiary/aromatic N) is 9. The Balaban J connectivity index is 0.691. The molecule has 386 valence electrons. The van der Waals surface area contributed by atoms with Crippen LogP contribution in [-0.4, -0.2) is 134 Å². The first-order chi connectivity index (χ1) is 35.3. The number of nitrogens with one attached hydrogen (secondary N) is 3. The van der Waals surface area contributed by atoms with E-state index in [-0.39, 0.29) is 54.1 Å². The van der Waals surface area contributed by atoms with Crippen LogP contribution >= 0.6 is 0 Å². The van der Waals surface area contributed by atoms with E-state index < -0.39 is 16.9 Å². The van der Waals surface area contributed by atoms with E-state index >= 15 is 4.79 Å². The van der Waals surface area contributed by atoms with Crippen molar-refractivity contribution in [1.82, 2.24) is 39.5 Å². The molecule has 0 unspecified atom stereocenters. The second kappa shape index (κ2) is 19.0. The summed E-state index contributed by atoms with van der Waals surface area (Å²) in [5, 5.41) is 9.57. The van der Waals surface area contributed by atoms with Crippen molar-refractivity contribution in [1.29, 1.82) is 0 Å². The Bertz CT molecular complexity index is 2790. The number of fused-ring (bicyclic) bond motifs is 3. The zero-order valence-electron chi connectivity index (χ0n) is 42.9. The van der Waals surface area contributed by atoms with Crippen molar-refractivity contribution in [3.63, 3.8) is 0 Å². The normalized spacial score (nSPS) is 26.3. The number of carbonyl (C=O) groups is 5. The van der Waals surface area contributed by atoms with Crippen LogP contribution in [0.4, 0.5) is 27.8 Å². The zero-order valence-corrected chi connectivity index (χ0v) is 42.9. The number of likely N-dealkylation sites (tertiary alicyclic amines) is 3. The zero-order chi connectivity index (χ0) is 50.2. The molecule has 0 atom stereocenters. The summed E-state index contributed by atoms with van der Waals surface area (Å²) in [6, 6.07) is 13.5. The van der Waals surface area contributed by atoms with Crippen molar-refractivity contribution >= 4 is 63.7 Å². The summed E-state index contributed by atoms with van der Waals surface area (Å²) in [5.74, 6) is 1.82. The van der Waals surface area contributed by atoms with Crippen LogP contribution in [0.25, 0.3) is 22.3 Å². The molecule has 8 aliphatic rings. The third-order valence-electron chi connectivity index (χ3n) is 18.2. The van der Waals surface area contributed by atoms with Gasteiger partial charge in [0.05, 0.1) is 34.8 Å². The van der Waals surface area contributed by atoms with Gasteiger partial charge in [-0.2, -0.15) is 0 Å². The van der Waals surface area contributed by atoms with Crippen LogP contribution < -0.4 is 25.8 Å². The summed E-state index contributed by atoms with van der Waals surface area (Å²) >= 11 is 0. The lowest BCUT2D eigenvalue weighted by atomic mass is 9.72. The van der Waals surface area contributed by atoms with Gasteiger partial charge in [0.15, 0.2) is 5.82 Å². The van der Waals surface area contributed by atoms with Crippen molar-refractivity contribution < 1.29 is 24.0 Å².